The van der Waals surface area contributed by atoms with Gasteiger partial charge in [0.25, 0.3) is 0 Å². The molecule has 0 aliphatic carbocycles. The van der Waals surface area contributed by atoms with Gasteiger partial charge >= 0.3 is 5.97 Å². The molecule has 4 atom stereocenters. The van der Waals surface area contributed by atoms with E-state index in [1.54, 1.807) is 13.8 Å². The Kier molecular flexibility index (Phi) is 3.23. The molecule has 3 N–H and O–H groups in total. The van der Waals surface area contributed by atoms with E-state index in [4.69, 9.17) is 31.5 Å². The maximum atomic E-state index is 11.5. The number of carbonyl (C=O) groups is 1. The van der Waals surface area contributed by atoms with Crippen LogP contribution in [0.15, 0.2) is 6.33 Å². The molecule has 2 aliphatic heterocycles. The summed E-state index contributed by atoms with van der Waals surface area (Å²) < 4.78 is 18.7. The average Bonchev–Trinajstić information content (AvgIpc) is 3.09. The third-order valence-electron chi connectivity index (χ3n) is 3.97. The van der Waals surface area contributed by atoms with E-state index >= 15 is 0 Å². The van der Waals surface area contributed by atoms with E-state index in [-0.39, 0.29) is 11.1 Å². The van der Waals surface area contributed by atoms with Crippen molar-refractivity contribution in [3.63, 3.8) is 0 Å². The van der Waals surface area contributed by atoms with Gasteiger partial charge in [0.05, 0.1) is 6.33 Å². The summed E-state index contributed by atoms with van der Waals surface area (Å²) in [6.07, 6.45) is -1.93. The van der Waals surface area contributed by atoms with Crippen molar-refractivity contribution in [2.75, 3.05) is 5.73 Å². The molecule has 2 fully saturated rings. The molecule has 24 heavy (non-hydrogen) atoms. The fourth-order valence-electron chi connectivity index (χ4n) is 3.10. The predicted octanol–water partition coefficient (Wildman–Crippen LogP) is 0.564. The molecule has 0 saturated carbocycles. The van der Waals surface area contributed by atoms with Crippen LogP contribution in [0.1, 0.15) is 20.1 Å². The van der Waals surface area contributed by atoms with Crippen LogP contribution in [0.25, 0.3) is 11.2 Å². The molecule has 2 aliphatic rings. The lowest BCUT2D eigenvalue weighted by Gasteiger charge is -2.23. The summed E-state index contributed by atoms with van der Waals surface area (Å²) >= 11 is 5.86. The molecular weight excluding hydrogens is 342 g/mol. The average molecular weight is 356 g/mol. The second kappa shape index (κ2) is 4.99. The van der Waals surface area contributed by atoms with Gasteiger partial charge in [-0.25, -0.2) is 9.78 Å². The number of aromatic nitrogens is 4. The first-order valence-corrected chi connectivity index (χ1v) is 7.54. The summed E-state index contributed by atoms with van der Waals surface area (Å²) in [5.41, 5.74) is 6.47. The summed E-state index contributed by atoms with van der Waals surface area (Å²) in [4.78, 5) is 23.6. The van der Waals surface area contributed by atoms with Gasteiger partial charge in [0.2, 0.25) is 5.28 Å². The quantitative estimate of drug-likeness (QED) is 0.741. The van der Waals surface area contributed by atoms with Crippen molar-refractivity contribution < 1.29 is 24.1 Å². The zero-order valence-corrected chi connectivity index (χ0v) is 13.5. The van der Waals surface area contributed by atoms with Crippen LogP contribution in [-0.2, 0) is 19.0 Å². The number of nitrogens with two attached hydrogens (primary N) is 1. The highest BCUT2D eigenvalue weighted by Crippen LogP contribution is 2.43. The fraction of sp³-hybridized carbons (Fsp3) is 0.538. The van der Waals surface area contributed by atoms with Gasteiger partial charge in [-0.1, -0.05) is 0 Å². The number of anilines is 1. The third-order valence-corrected chi connectivity index (χ3v) is 4.14. The second-order valence-corrected chi connectivity index (χ2v) is 6.39. The van der Waals surface area contributed by atoms with E-state index in [0.717, 1.165) is 0 Å². The number of nitrogen functional groups attached to an aromatic ring is 1. The number of halogens is 1. The van der Waals surface area contributed by atoms with Crippen molar-refractivity contribution in [1.29, 1.82) is 0 Å². The number of fused-ring (bicyclic) bond motifs is 2. The number of hydrogen-bond acceptors (Lipinski definition) is 8. The molecule has 4 heterocycles. The lowest BCUT2D eigenvalue weighted by molar-refractivity contribution is -0.202. The maximum absolute atomic E-state index is 11.5. The van der Waals surface area contributed by atoms with E-state index in [1.165, 1.54) is 10.9 Å². The van der Waals surface area contributed by atoms with Gasteiger partial charge in [0, 0.05) is 0 Å². The number of rotatable bonds is 2. The maximum Gasteiger partial charge on any atom is 0.335 e. The molecule has 4 rings (SSSR count). The van der Waals surface area contributed by atoms with Crippen molar-refractivity contribution in [2.45, 2.75) is 44.2 Å². The van der Waals surface area contributed by atoms with Crippen LogP contribution < -0.4 is 5.73 Å². The molecule has 0 amide bonds. The molecule has 2 saturated heterocycles. The Hall–Kier alpha value is -2.01. The fourth-order valence-corrected chi connectivity index (χ4v) is 3.27. The Morgan fingerprint density at radius 2 is 2.08 bits per heavy atom. The summed E-state index contributed by atoms with van der Waals surface area (Å²) in [6, 6.07) is 0. The van der Waals surface area contributed by atoms with E-state index in [2.05, 4.69) is 15.0 Å². The lowest BCUT2D eigenvalue weighted by atomic mass is 10.1. The molecule has 11 heteroatoms. The highest BCUT2D eigenvalue weighted by atomic mass is 35.5. The SMILES string of the molecule is CC1(C)O[C@@H]2[C@@H](O1)[C@H](n1cnc3c(N)nc(Cl)nc31)O[C@@H]2C(=O)O. The zero-order chi connectivity index (χ0) is 17.2. The van der Waals surface area contributed by atoms with Crippen LogP contribution in [0.5, 0.6) is 0 Å². The largest absolute Gasteiger partial charge is 0.479 e. The Labute approximate surface area is 140 Å². The monoisotopic (exact) mass is 355 g/mol. The molecule has 0 aromatic carbocycles. The van der Waals surface area contributed by atoms with Gasteiger partial charge in [-0.2, -0.15) is 9.97 Å². The Balaban J connectivity index is 1.80. The number of carboxylic acids is 1. The van der Waals surface area contributed by atoms with E-state index in [9.17, 15) is 9.90 Å². The molecular formula is C13H14ClN5O5. The smallest absolute Gasteiger partial charge is 0.335 e. The Morgan fingerprint density at radius 3 is 2.79 bits per heavy atom. The molecule has 0 unspecified atom stereocenters. The zero-order valence-electron chi connectivity index (χ0n) is 12.7. The number of aliphatic carboxylic acids is 1. The van der Waals surface area contributed by atoms with Crippen molar-refractivity contribution >= 4 is 34.6 Å². The van der Waals surface area contributed by atoms with E-state index in [1.807, 2.05) is 0 Å². The molecule has 10 nitrogen and oxygen atoms in total. The van der Waals surface area contributed by atoms with Crippen molar-refractivity contribution in [3.8, 4) is 0 Å². The minimum Gasteiger partial charge on any atom is -0.479 e. The van der Waals surface area contributed by atoms with Gasteiger partial charge in [-0.05, 0) is 25.4 Å². The number of ether oxygens (including phenoxy) is 3. The molecule has 2 aromatic rings. The van der Waals surface area contributed by atoms with Gasteiger partial charge in [0.15, 0.2) is 29.6 Å². The molecule has 0 spiro atoms. The minimum absolute atomic E-state index is 0.0463. The number of imidazole rings is 1. The van der Waals surface area contributed by atoms with Crippen molar-refractivity contribution in [3.05, 3.63) is 11.6 Å². The predicted molar refractivity (Wildman–Crippen MR) is 80.1 cm³/mol. The van der Waals surface area contributed by atoms with Crippen LogP contribution in [0.2, 0.25) is 5.28 Å². The summed E-state index contributed by atoms with van der Waals surface area (Å²) in [7, 11) is 0. The third kappa shape index (κ3) is 2.22. The Bertz CT molecular complexity index is 840. The van der Waals surface area contributed by atoms with Gasteiger partial charge in [-0.15, -0.1) is 0 Å². The van der Waals surface area contributed by atoms with E-state index < -0.39 is 36.3 Å². The van der Waals surface area contributed by atoms with Gasteiger partial charge < -0.3 is 25.1 Å². The van der Waals surface area contributed by atoms with Crippen molar-refractivity contribution in [2.24, 2.45) is 0 Å². The Morgan fingerprint density at radius 1 is 1.38 bits per heavy atom. The van der Waals surface area contributed by atoms with Crippen LogP contribution in [0.4, 0.5) is 5.82 Å². The van der Waals surface area contributed by atoms with Crippen LogP contribution in [-0.4, -0.2) is 54.7 Å². The summed E-state index contributed by atoms with van der Waals surface area (Å²) in [6.45, 7) is 3.43. The van der Waals surface area contributed by atoms with Gasteiger partial charge in [-0.3, -0.25) is 4.57 Å². The first kappa shape index (κ1) is 15.5. The van der Waals surface area contributed by atoms with Gasteiger partial charge in [0.1, 0.15) is 17.7 Å². The summed E-state index contributed by atoms with van der Waals surface area (Å²) in [5.74, 6) is -1.94. The van der Waals surface area contributed by atoms with E-state index in [0.29, 0.717) is 11.2 Å². The molecule has 2 aromatic heterocycles. The molecule has 0 bridgehead atoms. The van der Waals surface area contributed by atoms with Crippen molar-refractivity contribution in [1.82, 2.24) is 19.5 Å². The second-order valence-electron chi connectivity index (χ2n) is 6.05. The normalized spacial score (nSPS) is 31.5. The molecule has 128 valence electrons. The molecule has 0 radical (unpaired) electrons. The van der Waals surface area contributed by atoms with Crippen LogP contribution in [0, 0.1) is 0 Å². The first-order chi connectivity index (χ1) is 11.3. The summed E-state index contributed by atoms with van der Waals surface area (Å²) in [5, 5.41) is 9.35. The number of nitrogens with zero attached hydrogens (tertiary/aromatic N) is 4. The highest BCUT2D eigenvalue weighted by Gasteiger charge is 2.58. The highest BCUT2D eigenvalue weighted by molar-refractivity contribution is 6.28. The minimum atomic E-state index is -1.17. The van der Waals surface area contributed by atoms with Crippen LogP contribution in [0.3, 0.4) is 0 Å². The van der Waals surface area contributed by atoms with Crippen LogP contribution >= 0.6 is 11.6 Å². The number of hydrogen-bond donors (Lipinski definition) is 2. The lowest BCUT2D eigenvalue weighted by Crippen LogP contribution is -2.35. The first-order valence-electron chi connectivity index (χ1n) is 7.16. The number of carboxylic acid groups (broad SMARTS) is 1. The topological polar surface area (TPSA) is 135 Å². The standard InChI is InChI=1S/C13H14ClN5O5/c1-13(2)23-5-6(24-13)10(22-7(5)11(20)21)19-3-16-4-8(15)17-12(14)18-9(4)19/h3,5-7,10H,1-2H3,(H,20,21)(H2,15,17,18)/t5-,6-,7+,10-/m1/s1.